The molecule has 1 aliphatic rings. The van der Waals surface area contributed by atoms with Gasteiger partial charge < -0.3 is 23.7 Å². The minimum Gasteiger partial charge on any atom is -0.497 e. The lowest BCUT2D eigenvalue weighted by atomic mass is 9.77. The van der Waals surface area contributed by atoms with Gasteiger partial charge in [-0.3, -0.25) is 0 Å². The first-order valence-corrected chi connectivity index (χ1v) is 12.2. The first-order valence-electron chi connectivity index (χ1n) is 12.2. The molecule has 36 heavy (non-hydrogen) atoms. The second-order valence-electron chi connectivity index (χ2n) is 10.3. The molecular weight excluding hydrogens is 456 g/mol. The molecule has 0 atom stereocenters. The summed E-state index contributed by atoms with van der Waals surface area (Å²) in [5.74, 6) is 1.23. The Morgan fingerprint density at radius 2 is 1.22 bits per heavy atom. The first-order chi connectivity index (χ1) is 17.0. The molecule has 0 saturated carbocycles. The van der Waals surface area contributed by atoms with Crippen LogP contribution in [-0.4, -0.2) is 32.5 Å². The van der Waals surface area contributed by atoms with Gasteiger partial charge in [-0.25, -0.2) is 4.39 Å². The fourth-order valence-corrected chi connectivity index (χ4v) is 4.28. The molecule has 0 unspecified atom stereocenters. The summed E-state index contributed by atoms with van der Waals surface area (Å²) >= 11 is 0. The topological polar surface area (TPSA) is 40.2 Å². The maximum absolute atomic E-state index is 16.3. The number of rotatable bonds is 8. The molecule has 3 aromatic rings. The Morgan fingerprint density at radius 1 is 0.778 bits per heavy atom. The van der Waals surface area contributed by atoms with E-state index in [0.717, 1.165) is 28.2 Å². The van der Waals surface area contributed by atoms with Crippen LogP contribution in [0.1, 0.15) is 44.4 Å². The second-order valence-corrected chi connectivity index (χ2v) is 10.3. The zero-order valence-electron chi connectivity index (χ0n) is 22.2. The van der Waals surface area contributed by atoms with Crippen molar-refractivity contribution in [3.05, 3.63) is 83.2 Å². The third-order valence-electron chi connectivity index (χ3n) is 7.14. The molecule has 0 aliphatic carbocycles. The Balaban J connectivity index is 1.73. The van der Waals surface area contributed by atoms with Crippen molar-refractivity contribution in [2.24, 2.45) is 0 Å². The van der Waals surface area contributed by atoms with Crippen LogP contribution in [0.5, 0.6) is 11.5 Å². The fourth-order valence-electron chi connectivity index (χ4n) is 4.28. The van der Waals surface area contributed by atoms with Crippen LogP contribution in [0.25, 0.3) is 0 Å². The van der Waals surface area contributed by atoms with Gasteiger partial charge in [-0.05, 0) is 81.6 Å². The summed E-state index contributed by atoms with van der Waals surface area (Å²) in [5, 5.41) is 0. The van der Waals surface area contributed by atoms with E-state index in [-0.39, 0.29) is 5.82 Å². The van der Waals surface area contributed by atoms with Gasteiger partial charge in [-0.1, -0.05) is 30.3 Å². The van der Waals surface area contributed by atoms with Crippen LogP contribution in [0.15, 0.2) is 60.7 Å². The zero-order valence-corrected chi connectivity index (χ0v) is 22.2. The molecule has 190 valence electrons. The Morgan fingerprint density at radius 3 is 1.64 bits per heavy atom. The second kappa shape index (κ2) is 10.2. The van der Waals surface area contributed by atoms with E-state index in [0.29, 0.717) is 24.2 Å². The van der Waals surface area contributed by atoms with Gasteiger partial charge in [-0.2, -0.15) is 0 Å². The van der Waals surface area contributed by atoms with E-state index in [1.807, 2.05) is 100 Å². The Bertz CT molecular complexity index is 1130. The molecule has 4 rings (SSSR count). The van der Waals surface area contributed by atoms with Crippen molar-refractivity contribution in [3.63, 3.8) is 0 Å². The molecule has 0 N–H and O–H groups in total. The van der Waals surface area contributed by atoms with E-state index in [4.69, 9.17) is 18.8 Å². The van der Waals surface area contributed by atoms with E-state index in [9.17, 15) is 0 Å². The summed E-state index contributed by atoms with van der Waals surface area (Å²) in [6.07, 6.45) is 0. The van der Waals surface area contributed by atoms with Crippen molar-refractivity contribution in [3.8, 4) is 11.5 Å². The van der Waals surface area contributed by atoms with Gasteiger partial charge in [0.25, 0.3) is 0 Å². The van der Waals surface area contributed by atoms with Gasteiger partial charge in [0.15, 0.2) is 0 Å². The standard InChI is InChI=1S/C29H35BFNO4/c1-20-16-25(30-35-28(2,3)29(4,5)36-30)27(31)26(17-20)32(18-21-8-12-23(33-6)13-9-21)19-22-10-14-24(34-7)15-11-22/h8-17H,18-19H2,1-7H3. The van der Waals surface area contributed by atoms with Crippen molar-refractivity contribution in [2.75, 3.05) is 19.1 Å². The Labute approximate surface area is 214 Å². The third-order valence-corrected chi connectivity index (χ3v) is 7.14. The third kappa shape index (κ3) is 5.37. The maximum Gasteiger partial charge on any atom is 0.497 e. The SMILES string of the molecule is COc1ccc(CN(Cc2ccc(OC)cc2)c2cc(C)cc(B3OC(C)(C)C(C)(C)O3)c2F)cc1. The zero-order chi connectivity index (χ0) is 26.1. The lowest BCUT2D eigenvalue weighted by Crippen LogP contribution is -2.41. The highest BCUT2D eigenvalue weighted by Crippen LogP contribution is 2.37. The molecule has 1 fully saturated rings. The van der Waals surface area contributed by atoms with Crippen LogP contribution in [-0.2, 0) is 22.4 Å². The molecule has 3 aromatic carbocycles. The highest BCUT2D eigenvalue weighted by atomic mass is 19.1. The van der Waals surface area contributed by atoms with Gasteiger partial charge >= 0.3 is 7.12 Å². The smallest absolute Gasteiger partial charge is 0.497 e. The molecule has 0 bridgehead atoms. The van der Waals surface area contributed by atoms with Gasteiger partial charge in [-0.15, -0.1) is 0 Å². The number of aryl methyl sites for hydroxylation is 1. The van der Waals surface area contributed by atoms with Gasteiger partial charge in [0.05, 0.1) is 31.1 Å². The normalized spacial score (nSPS) is 16.2. The summed E-state index contributed by atoms with van der Waals surface area (Å²) in [7, 11) is 2.51. The first kappa shape index (κ1) is 26.0. The number of hydrogen-bond acceptors (Lipinski definition) is 5. The summed E-state index contributed by atoms with van der Waals surface area (Å²) < 4.78 is 39.3. The minimum absolute atomic E-state index is 0.332. The molecule has 1 aliphatic heterocycles. The summed E-state index contributed by atoms with van der Waals surface area (Å²) in [4.78, 5) is 2.04. The van der Waals surface area contributed by atoms with Gasteiger partial charge in [0.2, 0.25) is 0 Å². The maximum atomic E-state index is 16.3. The summed E-state index contributed by atoms with van der Waals surface area (Å²) in [6.45, 7) is 10.9. The van der Waals surface area contributed by atoms with Crippen molar-refractivity contribution < 1.29 is 23.2 Å². The number of ether oxygens (including phenoxy) is 2. The molecule has 1 saturated heterocycles. The van der Waals surface area contributed by atoms with Crippen molar-refractivity contribution in [1.29, 1.82) is 0 Å². The van der Waals surface area contributed by atoms with E-state index in [2.05, 4.69) is 0 Å². The quantitative estimate of drug-likeness (QED) is 0.381. The number of hydrogen-bond donors (Lipinski definition) is 0. The molecule has 0 amide bonds. The van der Waals surface area contributed by atoms with Crippen LogP contribution < -0.4 is 19.8 Å². The van der Waals surface area contributed by atoms with Crippen LogP contribution >= 0.6 is 0 Å². The van der Waals surface area contributed by atoms with Crippen molar-refractivity contribution in [1.82, 2.24) is 0 Å². The van der Waals surface area contributed by atoms with E-state index >= 15 is 4.39 Å². The average molecular weight is 491 g/mol. The van der Waals surface area contributed by atoms with Crippen LogP contribution in [0, 0.1) is 12.7 Å². The number of nitrogens with zero attached hydrogens (tertiary/aromatic N) is 1. The van der Waals surface area contributed by atoms with E-state index in [1.165, 1.54) is 0 Å². The van der Waals surface area contributed by atoms with Crippen LogP contribution in [0.4, 0.5) is 10.1 Å². The molecule has 5 nitrogen and oxygen atoms in total. The lowest BCUT2D eigenvalue weighted by molar-refractivity contribution is 0.00578. The molecular formula is C29H35BFNO4. The Kier molecular flexibility index (Phi) is 7.35. The number of anilines is 1. The molecule has 7 heteroatoms. The number of benzene rings is 3. The molecule has 0 aromatic heterocycles. The van der Waals surface area contributed by atoms with Gasteiger partial charge in [0.1, 0.15) is 17.3 Å². The predicted molar refractivity (Wildman–Crippen MR) is 143 cm³/mol. The predicted octanol–water partition coefficient (Wildman–Crippen LogP) is 5.66. The number of halogens is 1. The highest BCUT2D eigenvalue weighted by molar-refractivity contribution is 6.62. The lowest BCUT2D eigenvalue weighted by Gasteiger charge is -2.32. The molecule has 0 radical (unpaired) electrons. The largest absolute Gasteiger partial charge is 0.497 e. The summed E-state index contributed by atoms with van der Waals surface area (Å²) in [5.41, 5.74) is 2.83. The fraction of sp³-hybridized carbons (Fsp3) is 0.379. The van der Waals surface area contributed by atoms with E-state index < -0.39 is 18.3 Å². The van der Waals surface area contributed by atoms with Crippen molar-refractivity contribution >= 4 is 18.3 Å². The van der Waals surface area contributed by atoms with Crippen LogP contribution in [0.3, 0.4) is 0 Å². The van der Waals surface area contributed by atoms with Crippen molar-refractivity contribution in [2.45, 2.75) is 58.9 Å². The van der Waals surface area contributed by atoms with Gasteiger partial charge in [0, 0.05) is 18.6 Å². The molecule has 1 heterocycles. The van der Waals surface area contributed by atoms with E-state index in [1.54, 1.807) is 14.2 Å². The highest BCUT2D eigenvalue weighted by Gasteiger charge is 2.52. The van der Waals surface area contributed by atoms with Crippen LogP contribution in [0.2, 0.25) is 0 Å². The number of methoxy groups -OCH3 is 2. The minimum atomic E-state index is -0.780. The monoisotopic (exact) mass is 491 g/mol. The summed E-state index contributed by atoms with van der Waals surface area (Å²) in [6, 6.07) is 19.4. The Hall–Kier alpha value is -3.03. The molecule has 0 spiro atoms. The average Bonchev–Trinajstić information content (AvgIpc) is 3.07.